The maximum Gasteiger partial charge on any atom is 0.307 e. The van der Waals surface area contributed by atoms with Gasteiger partial charge in [-0.2, -0.15) is 0 Å². The van der Waals surface area contributed by atoms with Crippen LogP contribution in [0.5, 0.6) is 0 Å². The van der Waals surface area contributed by atoms with E-state index in [2.05, 4.69) is 14.9 Å². The van der Waals surface area contributed by atoms with Crippen LogP contribution < -0.4 is 0 Å². The monoisotopic (exact) mass is 539 g/mol. The Labute approximate surface area is 229 Å². The summed E-state index contributed by atoms with van der Waals surface area (Å²) in [7, 11) is 0. The van der Waals surface area contributed by atoms with E-state index in [-0.39, 0.29) is 17.5 Å². The van der Waals surface area contributed by atoms with Crippen molar-refractivity contribution in [2.75, 3.05) is 13.1 Å². The zero-order chi connectivity index (χ0) is 27.4. The van der Waals surface area contributed by atoms with Gasteiger partial charge in [-0.15, -0.1) is 0 Å². The smallest absolute Gasteiger partial charge is 0.307 e. The molecule has 4 atom stereocenters. The third-order valence-corrected chi connectivity index (χ3v) is 8.49. The van der Waals surface area contributed by atoms with Crippen molar-refractivity contribution in [1.82, 2.24) is 14.9 Å². The van der Waals surface area contributed by atoms with Crippen molar-refractivity contribution in [1.29, 1.82) is 0 Å². The maximum atomic E-state index is 16.1. The van der Waals surface area contributed by atoms with Gasteiger partial charge < -0.3 is 9.52 Å². The molecule has 3 heterocycles. The molecular formula is C32H27F2N3O3. The van der Waals surface area contributed by atoms with E-state index >= 15 is 8.78 Å². The first-order valence-corrected chi connectivity index (χ1v) is 13.6. The number of halogens is 2. The standard InChI is InChI=1S/C32H27F2N3O3/c33-28-22(19-5-1-4-18(14-19)20-6-3-12-35-16-20)7-2-8-24(28)31-36-26-15-25-23(29(34)30(26)40-31)9-10-27(25)37-13-11-21(17-37)32(38)39/h1-8,12,14-16,21,24,27-28H,9-11,13,17H2,(H,38,39). The van der Waals surface area contributed by atoms with Crippen molar-refractivity contribution in [2.24, 2.45) is 5.92 Å². The molecule has 7 rings (SSSR count). The summed E-state index contributed by atoms with van der Waals surface area (Å²) in [5.74, 6) is -2.29. The molecule has 4 aromatic rings. The zero-order valence-corrected chi connectivity index (χ0v) is 21.6. The molecule has 6 nitrogen and oxygen atoms in total. The molecule has 202 valence electrons. The van der Waals surface area contributed by atoms with Crippen LogP contribution in [-0.2, 0) is 11.2 Å². The van der Waals surface area contributed by atoms with E-state index in [4.69, 9.17) is 4.42 Å². The van der Waals surface area contributed by atoms with Crippen molar-refractivity contribution in [3.05, 3.63) is 101 Å². The van der Waals surface area contributed by atoms with Gasteiger partial charge in [-0.1, -0.05) is 42.5 Å². The molecule has 8 heteroatoms. The van der Waals surface area contributed by atoms with E-state index in [1.165, 1.54) is 0 Å². The largest absolute Gasteiger partial charge is 0.481 e. The Hall–Kier alpha value is -4.17. The summed E-state index contributed by atoms with van der Waals surface area (Å²) in [5, 5.41) is 9.41. The number of benzene rings is 2. The molecule has 1 aliphatic heterocycles. The van der Waals surface area contributed by atoms with Gasteiger partial charge >= 0.3 is 5.97 Å². The van der Waals surface area contributed by atoms with Crippen LogP contribution in [0.1, 0.15) is 47.4 Å². The maximum absolute atomic E-state index is 16.1. The number of likely N-dealkylation sites (tertiary alicyclic amines) is 1. The minimum Gasteiger partial charge on any atom is -0.481 e. The molecule has 3 aliphatic rings. The summed E-state index contributed by atoms with van der Waals surface area (Å²) < 4.78 is 37.7. The highest BCUT2D eigenvalue weighted by atomic mass is 19.1. The van der Waals surface area contributed by atoms with Crippen molar-refractivity contribution >= 4 is 22.6 Å². The minimum atomic E-state index is -1.43. The van der Waals surface area contributed by atoms with Crippen LogP contribution in [0.25, 0.3) is 27.8 Å². The highest BCUT2D eigenvalue weighted by molar-refractivity contribution is 5.79. The molecule has 4 unspecified atom stereocenters. The Bertz CT molecular complexity index is 1680. The van der Waals surface area contributed by atoms with Crippen LogP contribution in [-0.4, -0.2) is 45.2 Å². The number of carboxylic acids is 1. The van der Waals surface area contributed by atoms with E-state index in [1.807, 2.05) is 42.5 Å². The number of hydrogen-bond acceptors (Lipinski definition) is 5. The SMILES string of the molecule is O=C(O)C1CCN(C2CCc3c2cc2nc(C4C=CC=C(c5cccc(-c6cccnc6)c5)C4F)oc2c3F)C1. The molecule has 40 heavy (non-hydrogen) atoms. The molecule has 2 aliphatic carbocycles. The van der Waals surface area contributed by atoms with Crippen LogP contribution >= 0.6 is 0 Å². The Morgan fingerprint density at radius 1 is 1.10 bits per heavy atom. The lowest BCUT2D eigenvalue weighted by Gasteiger charge is -2.24. The summed E-state index contributed by atoms with van der Waals surface area (Å²) in [5.41, 5.74) is 4.96. The lowest BCUT2D eigenvalue weighted by molar-refractivity contribution is -0.141. The first kappa shape index (κ1) is 24.8. The zero-order valence-electron chi connectivity index (χ0n) is 21.6. The second kappa shape index (κ2) is 9.78. The van der Waals surface area contributed by atoms with Crippen molar-refractivity contribution in [3.8, 4) is 11.1 Å². The van der Waals surface area contributed by atoms with Crippen molar-refractivity contribution < 1.29 is 23.1 Å². The molecule has 0 spiro atoms. The van der Waals surface area contributed by atoms with Gasteiger partial charge in [0.2, 0.25) is 5.89 Å². The van der Waals surface area contributed by atoms with E-state index < -0.39 is 29.8 Å². The lowest BCUT2D eigenvalue weighted by Crippen LogP contribution is -2.26. The molecule has 1 fully saturated rings. The van der Waals surface area contributed by atoms with Gasteiger partial charge in [0.25, 0.3) is 0 Å². The predicted octanol–water partition coefficient (Wildman–Crippen LogP) is 6.50. The second-order valence-corrected chi connectivity index (χ2v) is 10.8. The number of hydrogen-bond donors (Lipinski definition) is 1. The number of rotatable bonds is 5. The molecule has 1 N–H and O–H groups in total. The van der Waals surface area contributed by atoms with Crippen LogP contribution in [0, 0.1) is 11.7 Å². The van der Waals surface area contributed by atoms with Crippen LogP contribution in [0.4, 0.5) is 8.78 Å². The topological polar surface area (TPSA) is 79.5 Å². The van der Waals surface area contributed by atoms with Crippen LogP contribution in [0.3, 0.4) is 0 Å². The molecule has 1 saturated heterocycles. The van der Waals surface area contributed by atoms with Crippen molar-refractivity contribution in [3.63, 3.8) is 0 Å². The van der Waals surface area contributed by atoms with Gasteiger partial charge in [-0.25, -0.2) is 13.8 Å². The number of oxazole rings is 1. The third kappa shape index (κ3) is 4.14. The number of carbonyl (C=O) groups is 1. The number of aliphatic carboxylic acids is 1. The Kier molecular flexibility index (Phi) is 6.08. The van der Waals surface area contributed by atoms with E-state index in [1.54, 1.807) is 30.6 Å². The first-order chi connectivity index (χ1) is 19.5. The Balaban J connectivity index is 1.18. The summed E-state index contributed by atoms with van der Waals surface area (Å²) >= 11 is 0. The molecule has 0 saturated carbocycles. The van der Waals surface area contributed by atoms with E-state index in [9.17, 15) is 9.90 Å². The fourth-order valence-corrected chi connectivity index (χ4v) is 6.42. The van der Waals surface area contributed by atoms with Gasteiger partial charge in [0.15, 0.2) is 11.4 Å². The predicted molar refractivity (Wildman–Crippen MR) is 147 cm³/mol. The fourth-order valence-electron chi connectivity index (χ4n) is 6.42. The van der Waals surface area contributed by atoms with Crippen molar-refractivity contribution in [2.45, 2.75) is 37.4 Å². The summed E-state index contributed by atoms with van der Waals surface area (Å²) in [6.07, 6.45) is 9.16. The van der Waals surface area contributed by atoms with Gasteiger partial charge in [0.05, 0.1) is 11.8 Å². The van der Waals surface area contributed by atoms with Crippen LogP contribution in [0.15, 0.2) is 77.5 Å². The number of alkyl halides is 1. The molecule has 2 aromatic heterocycles. The lowest BCUT2D eigenvalue weighted by atomic mass is 9.87. The number of nitrogens with zero attached hydrogens (tertiary/aromatic N) is 3. The number of carboxylic acid groups (broad SMARTS) is 1. The summed E-state index contributed by atoms with van der Waals surface area (Å²) in [6.45, 7) is 1.12. The highest BCUT2D eigenvalue weighted by Gasteiger charge is 2.38. The highest BCUT2D eigenvalue weighted by Crippen LogP contribution is 2.44. The summed E-state index contributed by atoms with van der Waals surface area (Å²) in [4.78, 5) is 22.4. The average Bonchev–Trinajstić information content (AvgIpc) is 3.73. The average molecular weight is 540 g/mol. The summed E-state index contributed by atoms with van der Waals surface area (Å²) in [6, 6.07) is 13.3. The van der Waals surface area contributed by atoms with Gasteiger partial charge in [-0.3, -0.25) is 14.7 Å². The number of aromatic nitrogens is 2. The number of allylic oxidation sites excluding steroid dienone is 4. The third-order valence-electron chi connectivity index (χ3n) is 8.49. The molecule has 0 amide bonds. The first-order valence-electron chi connectivity index (χ1n) is 13.6. The molecule has 2 aromatic carbocycles. The minimum absolute atomic E-state index is 0.0505. The molecule has 0 bridgehead atoms. The van der Waals surface area contributed by atoms with Gasteiger partial charge in [0, 0.05) is 30.5 Å². The van der Waals surface area contributed by atoms with E-state index in [0.717, 1.165) is 28.7 Å². The number of fused-ring (bicyclic) bond motifs is 2. The second-order valence-electron chi connectivity index (χ2n) is 10.8. The molecular weight excluding hydrogens is 512 g/mol. The Morgan fingerprint density at radius 3 is 2.75 bits per heavy atom. The Morgan fingerprint density at radius 2 is 1.95 bits per heavy atom. The quantitative estimate of drug-likeness (QED) is 0.312. The van der Waals surface area contributed by atoms with Gasteiger partial charge in [0.1, 0.15) is 11.7 Å². The van der Waals surface area contributed by atoms with Gasteiger partial charge in [-0.05, 0) is 71.8 Å². The number of pyridine rings is 1. The molecule has 0 radical (unpaired) electrons. The fraction of sp³-hybridized carbons (Fsp3) is 0.281. The van der Waals surface area contributed by atoms with Crippen LogP contribution in [0.2, 0.25) is 0 Å². The normalized spacial score (nSPS) is 24.4. The van der Waals surface area contributed by atoms with E-state index in [0.29, 0.717) is 42.6 Å².